The molecule has 3 N–H and O–H groups in total. The maximum absolute atomic E-state index is 12.8. The summed E-state index contributed by atoms with van der Waals surface area (Å²) in [6, 6.07) is 12.2. The van der Waals surface area contributed by atoms with Gasteiger partial charge >= 0.3 is 0 Å². The zero-order chi connectivity index (χ0) is 24.9. The maximum atomic E-state index is 12.8. The van der Waals surface area contributed by atoms with E-state index in [4.69, 9.17) is 9.47 Å². The second-order valence-electron chi connectivity index (χ2n) is 7.91. The van der Waals surface area contributed by atoms with Crippen LogP contribution < -0.4 is 25.0 Å². The standard InChI is InChI=1S/C23H28N4O6S/c1-5-32-16-10-12-17(13-11-16)33-15(4)22(28)25-26-23(29)20(14(2)3)24-21-18-8-6-7-9-19(18)34(30,31)27-21/h6-15,20H,5H2,1-4H3,(H,24,27)(H,25,28)(H,26,29)/t15?,20-/m0/s1. The lowest BCUT2D eigenvalue weighted by atomic mass is 10.0. The van der Waals surface area contributed by atoms with Gasteiger partial charge in [-0.25, -0.2) is 8.42 Å². The van der Waals surface area contributed by atoms with Crippen molar-refractivity contribution in [1.29, 1.82) is 0 Å². The number of amidine groups is 1. The number of aliphatic imine (C=N–C) groups is 1. The van der Waals surface area contributed by atoms with Crippen LogP contribution in [0.3, 0.4) is 0 Å². The number of amides is 2. The van der Waals surface area contributed by atoms with E-state index in [0.29, 0.717) is 23.7 Å². The van der Waals surface area contributed by atoms with Gasteiger partial charge in [-0.2, -0.15) is 0 Å². The smallest absolute Gasteiger partial charge is 0.279 e. The highest BCUT2D eigenvalue weighted by molar-refractivity contribution is 7.90. The third-order valence-corrected chi connectivity index (χ3v) is 6.35. The summed E-state index contributed by atoms with van der Waals surface area (Å²) in [4.78, 5) is 29.6. The summed E-state index contributed by atoms with van der Waals surface area (Å²) in [5.41, 5.74) is 5.08. The summed E-state index contributed by atoms with van der Waals surface area (Å²) in [5.74, 6) is -0.192. The van der Waals surface area contributed by atoms with Crippen molar-refractivity contribution < 1.29 is 27.5 Å². The number of nitrogens with one attached hydrogen (secondary N) is 3. The summed E-state index contributed by atoms with van der Waals surface area (Å²) >= 11 is 0. The van der Waals surface area contributed by atoms with Crippen LogP contribution in [-0.4, -0.2) is 44.8 Å². The second kappa shape index (κ2) is 10.6. The zero-order valence-electron chi connectivity index (χ0n) is 19.4. The number of hydrogen-bond acceptors (Lipinski definition) is 7. The van der Waals surface area contributed by atoms with Crippen LogP contribution in [0.25, 0.3) is 0 Å². The maximum Gasteiger partial charge on any atom is 0.279 e. The summed E-state index contributed by atoms with van der Waals surface area (Å²) in [5, 5.41) is 0. The van der Waals surface area contributed by atoms with Gasteiger partial charge in [-0.3, -0.25) is 30.2 Å². The first-order chi connectivity index (χ1) is 16.1. The van der Waals surface area contributed by atoms with E-state index in [0.717, 1.165) is 0 Å². The fourth-order valence-corrected chi connectivity index (χ4v) is 4.46. The Morgan fingerprint density at radius 3 is 2.24 bits per heavy atom. The number of fused-ring (bicyclic) bond motifs is 1. The van der Waals surface area contributed by atoms with Gasteiger partial charge in [-0.15, -0.1) is 0 Å². The van der Waals surface area contributed by atoms with Crippen molar-refractivity contribution in [1.82, 2.24) is 15.6 Å². The van der Waals surface area contributed by atoms with E-state index in [1.54, 1.807) is 63.2 Å². The fraction of sp³-hybridized carbons (Fsp3) is 0.348. The van der Waals surface area contributed by atoms with E-state index in [-0.39, 0.29) is 16.6 Å². The molecule has 10 nitrogen and oxygen atoms in total. The molecule has 1 aliphatic heterocycles. The summed E-state index contributed by atoms with van der Waals surface area (Å²) in [7, 11) is -3.73. The lowest BCUT2D eigenvalue weighted by Crippen LogP contribution is -2.51. The Labute approximate surface area is 198 Å². The van der Waals surface area contributed by atoms with Gasteiger partial charge in [0.25, 0.3) is 21.8 Å². The topological polar surface area (TPSA) is 135 Å². The molecule has 0 aromatic heterocycles. The van der Waals surface area contributed by atoms with Crippen LogP contribution in [0.5, 0.6) is 11.5 Å². The van der Waals surface area contributed by atoms with Gasteiger partial charge in [0.15, 0.2) is 6.10 Å². The van der Waals surface area contributed by atoms with E-state index in [1.807, 2.05) is 6.92 Å². The molecule has 1 aliphatic rings. The van der Waals surface area contributed by atoms with Crippen molar-refractivity contribution in [3.63, 3.8) is 0 Å². The minimum absolute atomic E-state index is 0.0861. The molecule has 2 atom stereocenters. The average molecular weight is 489 g/mol. The van der Waals surface area contributed by atoms with Gasteiger partial charge in [0.1, 0.15) is 23.4 Å². The van der Waals surface area contributed by atoms with Crippen molar-refractivity contribution in [2.45, 2.75) is 44.7 Å². The Kier molecular flexibility index (Phi) is 7.77. The normalized spacial score (nSPS) is 16.8. The van der Waals surface area contributed by atoms with Crippen molar-refractivity contribution in [2.75, 3.05) is 6.61 Å². The molecule has 3 rings (SSSR count). The Hall–Kier alpha value is -3.60. The van der Waals surface area contributed by atoms with Crippen LogP contribution in [0.1, 0.15) is 33.3 Å². The van der Waals surface area contributed by atoms with Crippen molar-refractivity contribution >= 4 is 27.7 Å². The molecule has 1 heterocycles. The summed E-state index contributed by atoms with van der Waals surface area (Å²) in [6.45, 7) is 7.50. The summed E-state index contributed by atoms with van der Waals surface area (Å²) in [6.07, 6.45) is -0.893. The molecule has 0 saturated heterocycles. The van der Waals surface area contributed by atoms with Gasteiger partial charge in [0, 0.05) is 5.56 Å². The number of nitrogens with zero attached hydrogens (tertiary/aromatic N) is 1. The predicted octanol–water partition coefficient (Wildman–Crippen LogP) is 1.76. The second-order valence-corrected chi connectivity index (χ2v) is 9.56. The van der Waals surface area contributed by atoms with Crippen LogP contribution >= 0.6 is 0 Å². The minimum Gasteiger partial charge on any atom is -0.494 e. The number of benzene rings is 2. The molecule has 0 fully saturated rings. The quantitative estimate of drug-likeness (QED) is 0.485. The first-order valence-electron chi connectivity index (χ1n) is 10.8. The highest BCUT2D eigenvalue weighted by atomic mass is 32.2. The number of hydrogen-bond donors (Lipinski definition) is 3. The number of carbonyl (C=O) groups is 2. The lowest BCUT2D eigenvalue weighted by Gasteiger charge is -2.19. The highest BCUT2D eigenvalue weighted by Gasteiger charge is 2.32. The molecule has 2 aromatic carbocycles. The lowest BCUT2D eigenvalue weighted by molar-refractivity contribution is -0.133. The molecule has 1 unspecified atom stereocenters. The molecule has 11 heteroatoms. The third-order valence-electron chi connectivity index (χ3n) is 4.96. The molecular formula is C23H28N4O6S. The number of carbonyl (C=O) groups excluding carboxylic acids is 2. The SMILES string of the molecule is CCOc1ccc(OC(C)C(=O)NNC(=O)[C@@H](N=C2NS(=O)(=O)c3ccccc32)C(C)C)cc1. The van der Waals surface area contributed by atoms with E-state index in [2.05, 4.69) is 20.6 Å². The monoisotopic (exact) mass is 488 g/mol. The predicted molar refractivity (Wildman–Crippen MR) is 126 cm³/mol. The van der Waals surface area contributed by atoms with Crippen molar-refractivity contribution in [3.8, 4) is 11.5 Å². The Bertz CT molecular complexity index is 1180. The number of hydrazine groups is 1. The number of ether oxygens (including phenoxy) is 2. The van der Waals surface area contributed by atoms with Crippen molar-refractivity contribution in [3.05, 3.63) is 54.1 Å². The average Bonchev–Trinajstić information content (AvgIpc) is 3.07. The molecule has 0 saturated carbocycles. The molecule has 0 radical (unpaired) electrons. The summed E-state index contributed by atoms with van der Waals surface area (Å²) < 4.78 is 38.0. The first kappa shape index (κ1) is 25.0. The largest absolute Gasteiger partial charge is 0.494 e. The van der Waals surface area contributed by atoms with Gasteiger partial charge in [0.2, 0.25) is 0 Å². The number of rotatable bonds is 8. The molecule has 34 heavy (non-hydrogen) atoms. The minimum atomic E-state index is -3.73. The van der Waals surface area contributed by atoms with Crippen LogP contribution in [0.4, 0.5) is 0 Å². The zero-order valence-corrected chi connectivity index (χ0v) is 20.2. The van der Waals surface area contributed by atoms with E-state index < -0.39 is 34.0 Å². The highest BCUT2D eigenvalue weighted by Crippen LogP contribution is 2.23. The van der Waals surface area contributed by atoms with Crippen LogP contribution in [0.15, 0.2) is 58.4 Å². The van der Waals surface area contributed by atoms with E-state index >= 15 is 0 Å². The molecule has 2 aromatic rings. The Morgan fingerprint density at radius 1 is 0.971 bits per heavy atom. The van der Waals surface area contributed by atoms with Crippen LogP contribution in [0.2, 0.25) is 0 Å². The number of sulfonamides is 1. The Morgan fingerprint density at radius 2 is 1.59 bits per heavy atom. The molecule has 0 bridgehead atoms. The molecule has 2 amide bonds. The molecule has 0 spiro atoms. The Balaban J connectivity index is 1.63. The van der Waals surface area contributed by atoms with Crippen LogP contribution in [-0.2, 0) is 19.6 Å². The van der Waals surface area contributed by atoms with E-state index in [1.165, 1.54) is 6.07 Å². The van der Waals surface area contributed by atoms with Crippen LogP contribution in [0, 0.1) is 5.92 Å². The molecule has 182 valence electrons. The van der Waals surface area contributed by atoms with Gasteiger partial charge in [-0.05, 0) is 56.2 Å². The van der Waals surface area contributed by atoms with Gasteiger partial charge in [0.05, 0.1) is 11.5 Å². The van der Waals surface area contributed by atoms with E-state index in [9.17, 15) is 18.0 Å². The fourth-order valence-electron chi connectivity index (χ4n) is 3.22. The van der Waals surface area contributed by atoms with Crippen molar-refractivity contribution in [2.24, 2.45) is 10.9 Å². The molecular weight excluding hydrogens is 460 g/mol. The van der Waals surface area contributed by atoms with Gasteiger partial charge < -0.3 is 9.47 Å². The molecule has 0 aliphatic carbocycles. The third kappa shape index (κ3) is 5.84. The first-order valence-corrected chi connectivity index (χ1v) is 12.3. The van der Waals surface area contributed by atoms with Gasteiger partial charge in [-0.1, -0.05) is 26.0 Å².